The summed E-state index contributed by atoms with van der Waals surface area (Å²) in [5.74, 6) is -0.153. The minimum absolute atomic E-state index is 0.153. The molecule has 0 aromatic heterocycles. The summed E-state index contributed by atoms with van der Waals surface area (Å²) < 4.78 is 4.58. The fourth-order valence-corrected chi connectivity index (χ4v) is 1.86. The van der Waals surface area contributed by atoms with Gasteiger partial charge >= 0.3 is 5.97 Å². The van der Waals surface area contributed by atoms with Crippen LogP contribution in [0.2, 0.25) is 0 Å². The van der Waals surface area contributed by atoms with E-state index >= 15 is 0 Å². The van der Waals surface area contributed by atoms with Gasteiger partial charge in [0.05, 0.1) is 13.2 Å². The van der Waals surface area contributed by atoms with Crippen molar-refractivity contribution in [3.8, 4) is 0 Å². The van der Waals surface area contributed by atoms with Crippen LogP contribution >= 0.6 is 0 Å². The third-order valence-corrected chi connectivity index (χ3v) is 3.22. The quantitative estimate of drug-likeness (QED) is 0.222. The first-order chi connectivity index (χ1) is 11.7. The molecular weight excluding hydrogens is 300 g/mol. The topological polar surface area (TPSA) is 46.5 Å². The molecule has 0 aliphatic rings. The zero-order chi connectivity index (χ0) is 17.9. The number of esters is 1. The van der Waals surface area contributed by atoms with E-state index < -0.39 is 6.10 Å². The van der Waals surface area contributed by atoms with Crippen molar-refractivity contribution >= 4 is 5.97 Å². The van der Waals surface area contributed by atoms with Crippen molar-refractivity contribution in [3.63, 3.8) is 0 Å². The van der Waals surface area contributed by atoms with Gasteiger partial charge in [0.25, 0.3) is 0 Å². The van der Waals surface area contributed by atoms with Crippen LogP contribution < -0.4 is 0 Å². The van der Waals surface area contributed by atoms with Crippen molar-refractivity contribution in [1.82, 2.24) is 0 Å². The highest BCUT2D eigenvalue weighted by Gasteiger charge is 1.96. The van der Waals surface area contributed by atoms with Gasteiger partial charge in [0, 0.05) is 6.42 Å². The number of rotatable bonds is 13. The highest BCUT2D eigenvalue weighted by molar-refractivity contribution is 5.69. The maximum atomic E-state index is 10.9. The lowest BCUT2D eigenvalue weighted by atomic mass is 10.2. The molecule has 0 saturated carbocycles. The van der Waals surface area contributed by atoms with E-state index in [1.807, 2.05) is 24.3 Å². The van der Waals surface area contributed by atoms with E-state index in [9.17, 15) is 9.90 Å². The smallest absolute Gasteiger partial charge is 0.305 e. The Morgan fingerprint density at radius 2 is 1.71 bits per heavy atom. The van der Waals surface area contributed by atoms with Gasteiger partial charge in [-0.25, -0.2) is 0 Å². The lowest BCUT2D eigenvalue weighted by molar-refractivity contribution is -0.140. The fourth-order valence-electron chi connectivity index (χ4n) is 1.86. The second kappa shape index (κ2) is 17.5. The Morgan fingerprint density at radius 1 is 1.00 bits per heavy atom. The SMILES string of the molecule is CC/C=C\C/C=C\C[C@H](O)/C=C/C=C\C/C=C\CCCC(=O)OC. The Hall–Kier alpha value is -1.87. The van der Waals surface area contributed by atoms with Crippen LogP contribution in [-0.2, 0) is 9.53 Å². The van der Waals surface area contributed by atoms with Crippen molar-refractivity contribution in [3.05, 3.63) is 60.8 Å². The lowest BCUT2D eigenvalue weighted by Gasteiger charge is -1.98. The summed E-state index contributed by atoms with van der Waals surface area (Å²) in [5.41, 5.74) is 0. The van der Waals surface area contributed by atoms with Gasteiger partial charge in [-0.15, -0.1) is 0 Å². The normalized spacial score (nSPS) is 14.0. The summed E-state index contributed by atoms with van der Waals surface area (Å²) in [6, 6.07) is 0. The summed E-state index contributed by atoms with van der Waals surface area (Å²) in [5, 5.41) is 9.78. The summed E-state index contributed by atoms with van der Waals surface area (Å²) in [4.78, 5) is 10.9. The second-order valence-electron chi connectivity index (χ2n) is 5.38. The number of carbonyl (C=O) groups excluding carboxylic acids is 1. The molecule has 1 atom stereocenters. The molecule has 3 heteroatoms. The third kappa shape index (κ3) is 16.5. The zero-order valence-electron chi connectivity index (χ0n) is 15.1. The average molecular weight is 332 g/mol. The van der Waals surface area contributed by atoms with Gasteiger partial charge in [0.2, 0.25) is 0 Å². The molecule has 0 aliphatic carbocycles. The molecule has 0 aliphatic heterocycles. The first-order valence-corrected chi connectivity index (χ1v) is 8.73. The highest BCUT2D eigenvalue weighted by atomic mass is 16.5. The summed E-state index contributed by atoms with van der Waals surface area (Å²) in [6.07, 6.45) is 25.4. The first kappa shape index (κ1) is 22.1. The summed E-state index contributed by atoms with van der Waals surface area (Å²) in [7, 11) is 1.41. The number of unbranched alkanes of at least 4 members (excludes halogenated alkanes) is 1. The average Bonchev–Trinajstić information content (AvgIpc) is 2.59. The summed E-state index contributed by atoms with van der Waals surface area (Å²) >= 11 is 0. The van der Waals surface area contributed by atoms with E-state index in [2.05, 4.69) is 42.0 Å². The van der Waals surface area contributed by atoms with Crippen LogP contribution in [0.5, 0.6) is 0 Å². The van der Waals surface area contributed by atoms with Gasteiger partial charge in [-0.05, 0) is 38.5 Å². The molecule has 0 aromatic carbocycles. The molecule has 3 nitrogen and oxygen atoms in total. The number of aliphatic hydroxyl groups excluding tert-OH is 1. The van der Waals surface area contributed by atoms with Crippen molar-refractivity contribution in [1.29, 1.82) is 0 Å². The molecule has 134 valence electrons. The van der Waals surface area contributed by atoms with Crippen LogP contribution in [0, 0.1) is 0 Å². The molecule has 0 unspecified atom stereocenters. The van der Waals surface area contributed by atoms with Gasteiger partial charge < -0.3 is 9.84 Å². The molecule has 1 N–H and O–H groups in total. The van der Waals surface area contributed by atoms with Gasteiger partial charge in [0.1, 0.15) is 0 Å². The maximum absolute atomic E-state index is 10.9. The minimum Gasteiger partial charge on any atom is -0.469 e. The van der Waals surface area contributed by atoms with Crippen LogP contribution in [0.4, 0.5) is 0 Å². The van der Waals surface area contributed by atoms with Gasteiger partial charge in [-0.1, -0.05) is 67.7 Å². The van der Waals surface area contributed by atoms with Crippen LogP contribution in [0.3, 0.4) is 0 Å². The molecule has 0 spiro atoms. The van der Waals surface area contributed by atoms with Gasteiger partial charge in [-0.2, -0.15) is 0 Å². The highest BCUT2D eigenvalue weighted by Crippen LogP contribution is 2.00. The van der Waals surface area contributed by atoms with E-state index in [-0.39, 0.29) is 5.97 Å². The van der Waals surface area contributed by atoms with E-state index in [1.54, 1.807) is 6.08 Å². The minimum atomic E-state index is -0.435. The maximum Gasteiger partial charge on any atom is 0.305 e. The van der Waals surface area contributed by atoms with E-state index in [1.165, 1.54) is 7.11 Å². The number of methoxy groups -OCH3 is 1. The Labute approximate surface area is 147 Å². The molecule has 0 amide bonds. The molecule has 0 aromatic rings. The number of hydrogen-bond acceptors (Lipinski definition) is 3. The lowest BCUT2D eigenvalue weighted by Crippen LogP contribution is -1.98. The molecule has 0 bridgehead atoms. The van der Waals surface area contributed by atoms with Crippen LogP contribution in [0.25, 0.3) is 0 Å². The van der Waals surface area contributed by atoms with E-state index in [0.29, 0.717) is 12.8 Å². The van der Waals surface area contributed by atoms with Crippen molar-refractivity contribution in [2.24, 2.45) is 0 Å². The van der Waals surface area contributed by atoms with Crippen molar-refractivity contribution in [2.75, 3.05) is 7.11 Å². The number of allylic oxidation sites excluding steroid dienone is 8. The molecule has 0 rings (SSSR count). The molecule has 0 fully saturated rings. The van der Waals surface area contributed by atoms with E-state index in [4.69, 9.17) is 0 Å². The number of hydrogen-bond donors (Lipinski definition) is 1. The van der Waals surface area contributed by atoms with E-state index in [0.717, 1.165) is 32.1 Å². The molecule has 24 heavy (non-hydrogen) atoms. The van der Waals surface area contributed by atoms with Crippen LogP contribution in [0.15, 0.2) is 60.8 Å². The molecule has 0 radical (unpaired) electrons. The van der Waals surface area contributed by atoms with Crippen LogP contribution in [0.1, 0.15) is 51.9 Å². The number of aliphatic hydroxyl groups is 1. The first-order valence-electron chi connectivity index (χ1n) is 8.73. The zero-order valence-corrected chi connectivity index (χ0v) is 15.1. The largest absolute Gasteiger partial charge is 0.469 e. The Kier molecular flexibility index (Phi) is 16.1. The number of carbonyl (C=O) groups is 1. The predicted octanol–water partition coefficient (Wildman–Crippen LogP) is 5.05. The second-order valence-corrected chi connectivity index (χ2v) is 5.38. The van der Waals surface area contributed by atoms with Gasteiger partial charge in [0.15, 0.2) is 0 Å². The van der Waals surface area contributed by atoms with Crippen molar-refractivity contribution < 1.29 is 14.6 Å². The van der Waals surface area contributed by atoms with Gasteiger partial charge in [-0.3, -0.25) is 4.79 Å². The standard InChI is InChI=1S/C21H32O3/c1-3-4-5-6-11-14-17-20(22)18-15-12-9-7-8-10-13-16-19-21(23)24-2/h4-5,8-12,14-15,18,20,22H,3,6-7,13,16-17,19H2,1-2H3/b5-4-,10-8-,12-9-,14-11-,18-15+/t20-/m0/s1. The third-order valence-electron chi connectivity index (χ3n) is 3.22. The van der Waals surface area contributed by atoms with Crippen molar-refractivity contribution in [2.45, 2.75) is 58.0 Å². The predicted molar refractivity (Wildman–Crippen MR) is 102 cm³/mol. The molecule has 0 heterocycles. The monoisotopic (exact) mass is 332 g/mol. The Balaban J connectivity index is 3.68. The number of ether oxygens (including phenoxy) is 1. The fraction of sp³-hybridized carbons (Fsp3) is 0.476. The Bertz CT molecular complexity index is 442. The molecular formula is C21H32O3. The Morgan fingerprint density at radius 3 is 2.46 bits per heavy atom. The summed E-state index contributed by atoms with van der Waals surface area (Å²) in [6.45, 7) is 2.11. The van der Waals surface area contributed by atoms with Crippen LogP contribution in [-0.4, -0.2) is 24.3 Å². The molecule has 0 saturated heterocycles.